The van der Waals surface area contributed by atoms with Gasteiger partial charge in [0.05, 0.1) is 0 Å². The van der Waals surface area contributed by atoms with Crippen molar-refractivity contribution in [2.24, 2.45) is 17.8 Å². The molecule has 0 N–H and O–H groups in total. The third-order valence-electron chi connectivity index (χ3n) is 5.63. The number of hydrogen-bond acceptors (Lipinski definition) is 2. The molecule has 0 radical (unpaired) electrons. The van der Waals surface area contributed by atoms with Crippen LogP contribution < -0.4 is 0 Å². The monoisotopic (exact) mass is 292 g/mol. The van der Waals surface area contributed by atoms with Crippen LogP contribution in [0.15, 0.2) is 12.2 Å². The van der Waals surface area contributed by atoms with Gasteiger partial charge in [0, 0.05) is 6.08 Å². The second-order valence-electron chi connectivity index (χ2n) is 6.97. The van der Waals surface area contributed by atoms with E-state index in [0.29, 0.717) is 0 Å². The molecule has 0 aromatic heterocycles. The molecule has 0 spiro atoms. The van der Waals surface area contributed by atoms with Gasteiger partial charge in [-0.25, -0.2) is 4.79 Å². The maximum atomic E-state index is 11.6. The Bertz CT molecular complexity index is 331. The van der Waals surface area contributed by atoms with Crippen LogP contribution in [-0.4, -0.2) is 12.1 Å². The first-order chi connectivity index (χ1) is 10.2. The van der Waals surface area contributed by atoms with Crippen LogP contribution in [0.4, 0.5) is 0 Å². The number of esters is 1. The van der Waals surface area contributed by atoms with E-state index in [1.807, 2.05) is 13.0 Å². The van der Waals surface area contributed by atoms with Gasteiger partial charge in [0.2, 0.25) is 0 Å². The van der Waals surface area contributed by atoms with Gasteiger partial charge >= 0.3 is 5.97 Å². The van der Waals surface area contributed by atoms with Gasteiger partial charge in [-0.15, -0.1) is 0 Å². The van der Waals surface area contributed by atoms with E-state index in [1.165, 1.54) is 44.9 Å². The van der Waals surface area contributed by atoms with Gasteiger partial charge in [0.1, 0.15) is 6.10 Å². The minimum absolute atomic E-state index is 0.149. The number of rotatable bonds is 5. The Balaban J connectivity index is 1.69. The molecule has 120 valence electrons. The zero-order chi connectivity index (χ0) is 15.1. The molecule has 0 aromatic carbocycles. The van der Waals surface area contributed by atoms with Crippen LogP contribution in [0.1, 0.15) is 78.1 Å². The summed E-state index contributed by atoms with van der Waals surface area (Å²) in [4.78, 5) is 11.6. The minimum Gasteiger partial charge on any atom is -0.459 e. The van der Waals surface area contributed by atoms with E-state index in [9.17, 15) is 4.79 Å². The largest absolute Gasteiger partial charge is 0.459 e. The number of carbonyl (C=O) groups is 1. The predicted molar refractivity (Wildman–Crippen MR) is 87.0 cm³/mol. The normalized spacial score (nSPS) is 34.0. The third kappa shape index (κ3) is 5.16. The fourth-order valence-electron chi connectivity index (χ4n) is 4.16. The molecular formula is C19H32O2. The maximum absolute atomic E-state index is 11.6. The third-order valence-corrected chi connectivity index (χ3v) is 5.63. The molecule has 2 aliphatic rings. The molecule has 0 aromatic rings. The molecule has 0 bridgehead atoms. The van der Waals surface area contributed by atoms with Crippen molar-refractivity contribution in [1.29, 1.82) is 0 Å². The summed E-state index contributed by atoms with van der Waals surface area (Å²) in [6.07, 6.45) is 16.3. The Labute approximate surface area is 130 Å². The van der Waals surface area contributed by atoms with Gasteiger partial charge in [0.25, 0.3) is 0 Å². The van der Waals surface area contributed by atoms with E-state index < -0.39 is 0 Å². The topological polar surface area (TPSA) is 26.3 Å². The van der Waals surface area contributed by atoms with Gasteiger partial charge in [-0.1, -0.05) is 39.2 Å². The van der Waals surface area contributed by atoms with Crippen LogP contribution >= 0.6 is 0 Å². The highest BCUT2D eigenvalue weighted by atomic mass is 16.5. The SMILES string of the molecule is CC/C=C/C(=O)OC1CCC(C2CCC(CC)CC2)CC1. The minimum atomic E-state index is -0.149. The molecule has 0 heterocycles. The van der Waals surface area contributed by atoms with Crippen molar-refractivity contribution in [1.82, 2.24) is 0 Å². The molecule has 2 rings (SSSR count). The van der Waals surface area contributed by atoms with Crippen LogP contribution in [0.5, 0.6) is 0 Å². The Morgan fingerprint density at radius 3 is 2.05 bits per heavy atom. The summed E-state index contributed by atoms with van der Waals surface area (Å²) in [5.41, 5.74) is 0. The number of carbonyl (C=O) groups excluding carboxylic acids is 1. The predicted octanol–water partition coefficient (Wildman–Crippen LogP) is 5.27. The van der Waals surface area contributed by atoms with Crippen molar-refractivity contribution < 1.29 is 9.53 Å². The zero-order valence-corrected chi connectivity index (χ0v) is 13.9. The van der Waals surface area contributed by atoms with Crippen molar-refractivity contribution in [3.8, 4) is 0 Å². The lowest BCUT2D eigenvalue weighted by molar-refractivity contribution is -0.145. The highest BCUT2D eigenvalue weighted by molar-refractivity contribution is 5.82. The molecule has 2 aliphatic carbocycles. The lowest BCUT2D eigenvalue weighted by Crippen LogP contribution is -2.29. The molecule has 0 atom stereocenters. The Morgan fingerprint density at radius 2 is 1.52 bits per heavy atom. The van der Waals surface area contributed by atoms with E-state index in [-0.39, 0.29) is 12.1 Å². The van der Waals surface area contributed by atoms with Crippen molar-refractivity contribution >= 4 is 5.97 Å². The average Bonchev–Trinajstić information content (AvgIpc) is 2.54. The van der Waals surface area contributed by atoms with Crippen LogP contribution in [0.2, 0.25) is 0 Å². The lowest BCUT2D eigenvalue weighted by atomic mass is 9.70. The number of allylic oxidation sites excluding steroid dienone is 1. The molecule has 21 heavy (non-hydrogen) atoms. The Kier molecular flexibility index (Phi) is 6.79. The summed E-state index contributed by atoms with van der Waals surface area (Å²) in [6, 6.07) is 0. The fraction of sp³-hybridized carbons (Fsp3) is 0.842. The molecule has 2 heteroatoms. The molecule has 0 unspecified atom stereocenters. The maximum Gasteiger partial charge on any atom is 0.330 e. The summed E-state index contributed by atoms with van der Waals surface area (Å²) in [7, 11) is 0. The fourth-order valence-corrected chi connectivity index (χ4v) is 4.16. The summed E-state index contributed by atoms with van der Waals surface area (Å²) in [5.74, 6) is 2.68. The quantitative estimate of drug-likeness (QED) is 0.509. The van der Waals surface area contributed by atoms with Gasteiger partial charge < -0.3 is 4.74 Å². The van der Waals surface area contributed by atoms with Crippen LogP contribution in [0, 0.1) is 17.8 Å². The lowest BCUT2D eigenvalue weighted by Gasteiger charge is -2.37. The smallest absolute Gasteiger partial charge is 0.330 e. The van der Waals surface area contributed by atoms with E-state index in [4.69, 9.17) is 4.74 Å². The second-order valence-corrected chi connectivity index (χ2v) is 6.97. The van der Waals surface area contributed by atoms with Crippen molar-refractivity contribution in [2.45, 2.75) is 84.2 Å². The molecule has 2 saturated carbocycles. The van der Waals surface area contributed by atoms with Crippen molar-refractivity contribution in [3.63, 3.8) is 0 Å². The second kappa shape index (κ2) is 8.60. The Morgan fingerprint density at radius 1 is 0.952 bits per heavy atom. The molecule has 0 aliphatic heterocycles. The van der Waals surface area contributed by atoms with Gasteiger partial charge in [0.15, 0.2) is 0 Å². The summed E-state index contributed by atoms with van der Waals surface area (Å²) >= 11 is 0. The molecule has 0 amide bonds. The first-order valence-corrected chi connectivity index (χ1v) is 9.10. The average molecular weight is 292 g/mol. The molecule has 2 fully saturated rings. The number of hydrogen-bond donors (Lipinski definition) is 0. The Hall–Kier alpha value is -0.790. The summed E-state index contributed by atoms with van der Waals surface area (Å²) in [6.45, 7) is 4.36. The molecule has 0 saturated heterocycles. The summed E-state index contributed by atoms with van der Waals surface area (Å²) < 4.78 is 5.54. The highest BCUT2D eigenvalue weighted by Gasteiger charge is 2.31. The van der Waals surface area contributed by atoms with Gasteiger partial charge in [-0.3, -0.25) is 0 Å². The number of ether oxygens (including phenoxy) is 1. The first-order valence-electron chi connectivity index (χ1n) is 9.10. The highest BCUT2D eigenvalue weighted by Crippen LogP contribution is 2.41. The van der Waals surface area contributed by atoms with Gasteiger partial charge in [-0.2, -0.15) is 0 Å². The summed E-state index contributed by atoms with van der Waals surface area (Å²) in [5, 5.41) is 0. The van der Waals surface area contributed by atoms with E-state index in [0.717, 1.165) is 37.0 Å². The van der Waals surface area contributed by atoms with E-state index in [2.05, 4.69) is 6.92 Å². The van der Waals surface area contributed by atoms with Crippen LogP contribution in [0.25, 0.3) is 0 Å². The van der Waals surface area contributed by atoms with E-state index >= 15 is 0 Å². The van der Waals surface area contributed by atoms with Crippen LogP contribution in [-0.2, 0) is 9.53 Å². The molecule has 2 nitrogen and oxygen atoms in total. The van der Waals surface area contributed by atoms with Crippen LogP contribution in [0.3, 0.4) is 0 Å². The first kappa shape index (κ1) is 16.6. The van der Waals surface area contributed by atoms with Gasteiger partial charge in [-0.05, 0) is 62.7 Å². The molecular weight excluding hydrogens is 260 g/mol. The van der Waals surface area contributed by atoms with Crippen molar-refractivity contribution in [3.05, 3.63) is 12.2 Å². The standard InChI is InChI=1S/C19H32O2/c1-3-5-6-19(20)21-18-13-11-17(12-14-18)16-9-7-15(4-2)8-10-16/h5-6,15-18H,3-4,7-14H2,1-2H3/b6-5+. The van der Waals surface area contributed by atoms with E-state index in [1.54, 1.807) is 6.08 Å². The van der Waals surface area contributed by atoms with Crippen molar-refractivity contribution in [2.75, 3.05) is 0 Å². The zero-order valence-electron chi connectivity index (χ0n) is 13.9.